The van der Waals surface area contributed by atoms with Gasteiger partial charge >= 0.3 is 0 Å². The molecule has 0 bridgehead atoms. The van der Waals surface area contributed by atoms with E-state index in [1.54, 1.807) is 30.3 Å². The number of ether oxygens (including phenoxy) is 3. The van der Waals surface area contributed by atoms with Gasteiger partial charge in [0.2, 0.25) is 0 Å². The minimum atomic E-state index is -0.446. The molecule has 1 N–H and O–H groups in total. The van der Waals surface area contributed by atoms with Crippen LogP contribution in [0.15, 0.2) is 48.0 Å². The van der Waals surface area contributed by atoms with Gasteiger partial charge in [0.15, 0.2) is 11.5 Å². The van der Waals surface area contributed by atoms with E-state index in [1.807, 2.05) is 6.07 Å². The molecule has 6 nitrogen and oxygen atoms in total. The zero-order chi connectivity index (χ0) is 21.3. The number of benzene rings is 2. The number of carbonyl (C=O) groups excluding carboxylic acids is 1. The molecule has 1 atom stereocenters. The maximum Gasteiger partial charge on any atom is 0.262 e. The Hall–Kier alpha value is -3.37. The third kappa shape index (κ3) is 5.82. The van der Waals surface area contributed by atoms with Gasteiger partial charge in [-0.05, 0) is 54.3 Å². The van der Waals surface area contributed by atoms with Gasteiger partial charge in [-0.1, -0.05) is 18.2 Å². The van der Waals surface area contributed by atoms with Gasteiger partial charge in [-0.2, -0.15) is 5.26 Å². The molecule has 2 aromatic rings. The van der Waals surface area contributed by atoms with Gasteiger partial charge in [-0.15, -0.1) is 0 Å². The van der Waals surface area contributed by atoms with Gasteiger partial charge in [0.1, 0.15) is 24.1 Å². The molecule has 1 saturated heterocycles. The molecule has 0 spiro atoms. The second kappa shape index (κ2) is 10.4. The summed E-state index contributed by atoms with van der Waals surface area (Å²) < 4.78 is 29.9. The van der Waals surface area contributed by atoms with Crippen molar-refractivity contribution in [2.24, 2.45) is 0 Å². The van der Waals surface area contributed by atoms with Crippen LogP contribution >= 0.6 is 0 Å². The van der Waals surface area contributed by atoms with Crippen molar-refractivity contribution in [3.8, 4) is 17.6 Å². The second-order valence-electron chi connectivity index (χ2n) is 6.84. The Bertz CT molecular complexity index is 962. The van der Waals surface area contributed by atoms with Gasteiger partial charge in [-0.3, -0.25) is 4.79 Å². The first-order valence-electron chi connectivity index (χ1n) is 9.66. The lowest BCUT2D eigenvalue weighted by atomic mass is 10.1. The van der Waals surface area contributed by atoms with E-state index in [0.29, 0.717) is 35.8 Å². The molecule has 1 amide bonds. The summed E-state index contributed by atoms with van der Waals surface area (Å²) in [5, 5.41) is 12.1. The molecular formula is C23H23FN2O4. The van der Waals surface area contributed by atoms with E-state index in [9.17, 15) is 14.4 Å². The van der Waals surface area contributed by atoms with Crippen molar-refractivity contribution in [2.75, 3.05) is 20.3 Å². The first kappa shape index (κ1) is 21.3. The summed E-state index contributed by atoms with van der Waals surface area (Å²) in [4.78, 5) is 12.3. The Morgan fingerprint density at radius 3 is 2.90 bits per heavy atom. The second-order valence-corrected chi connectivity index (χ2v) is 6.84. The van der Waals surface area contributed by atoms with Crippen molar-refractivity contribution in [1.29, 1.82) is 5.26 Å². The summed E-state index contributed by atoms with van der Waals surface area (Å²) in [6, 6.07) is 13.2. The summed E-state index contributed by atoms with van der Waals surface area (Å²) in [7, 11) is 1.50. The molecule has 1 heterocycles. The molecule has 0 unspecified atom stereocenters. The first-order chi connectivity index (χ1) is 14.6. The molecule has 0 saturated carbocycles. The highest BCUT2D eigenvalue weighted by Crippen LogP contribution is 2.29. The van der Waals surface area contributed by atoms with Crippen LogP contribution in [-0.2, 0) is 16.1 Å². The predicted molar refractivity (Wildman–Crippen MR) is 109 cm³/mol. The number of nitriles is 1. The van der Waals surface area contributed by atoms with Gasteiger partial charge < -0.3 is 19.5 Å². The van der Waals surface area contributed by atoms with Crippen LogP contribution in [0, 0.1) is 17.1 Å². The fourth-order valence-corrected chi connectivity index (χ4v) is 3.10. The molecule has 1 aliphatic rings. The van der Waals surface area contributed by atoms with Gasteiger partial charge in [-0.25, -0.2) is 4.39 Å². The van der Waals surface area contributed by atoms with Crippen LogP contribution < -0.4 is 14.8 Å². The van der Waals surface area contributed by atoms with E-state index in [1.165, 1.54) is 25.3 Å². The van der Waals surface area contributed by atoms with E-state index >= 15 is 0 Å². The molecule has 0 aromatic heterocycles. The lowest BCUT2D eigenvalue weighted by Gasteiger charge is -2.12. The number of amides is 1. The molecule has 0 radical (unpaired) electrons. The van der Waals surface area contributed by atoms with E-state index in [2.05, 4.69) is 5.32 Å². The van der Waals surface area contributed by atoms with Crippen molar-refractivity contribution in [1.82, 2.24) is 5.32 Å². The number of halogens is 1. The molecule has 2 aromatic carbocycles. The topological polar surface area (TPSA) is 80.6 Å². The summed E-state index contributed by atoms with van der Waals surface area (Å²) in [5.74, 6) is 0.140. The Balaban J connectivity index is 1.67. The maximum atomic E-state index is 13.3. The fraction of sp³-hybridized carbons (Fsp3) is 0.304. The van der Waals surface area contributed by atoms with Crippen LogP contribution in [0.1, 0.15) is 24.0 Å². The zero-order valence-corrected chi connectivity index (χ0v) is 16.7. The largest absolute Gasteiger partial charge is 0.493 e. The highest BCUT2D eigenvalue weighted by molar-refractivity contribution is 6.01. The van der Waals surface area contributed by atoms with Crippen molar-refractivity contribution < 1.29 is 23.4 Å². The van der Waals surface area contributed by atoms with Gasteiger partial charge in [0, 0.05) is 13.2 Å². The van der Waals surface area contributed by atoms with Crippen LogP contribution in [0.4, 0.5) is 4.39 Å². The highest BCUT2D eigenvalue weighted by Gasteiger charge is 2.17. The van der Waals surface area contributed by atoms with Crippen LogP contribution in [0.25, 0.3) is 6.08 Å². The van der Waals surface area contributed by atoms with Crippen LogP contribution in [0.3, 0.4) is 0 Å². The average Bonchev–Trinajstić information content (AvgIpc) is 3.28. The number of nitrogens with one attached hydrogen (secondary N) is 1. The summed E-state index contributed by atoms with van der Waals surface area (Å²) in [5.41, 5.74) is 1.30. The van der Waals surface area contributed by atoms with Crippen molar-refractivity contribution >= 4 is 12.0 Å². The lowest BCUT2D eigenvalue weighted by molar-refractivity contribution is -0.117. The molecule has 7 heteroatoms. The molecule has 3 rings (SSSR count). The first-order valence-corrected chi connectivity index (χ1v) is 9.66. The molecule has 156 valence electrons. The minimum Gasteiger partial charge on any atom is -0.493 e. The Labute approximate surface area is 174 Å². The van der Waals surface area contributed by atoms with Crippen LogP contribution in [-0.4, -0.2) is 32.3 Å². The number of methoxy groups -OCH3 is 1. The monoisotopic (exact) mass is 410 g/mol. The number of rotatable bonds is 8. The number of hydrogen-bond donors (Lipinski definition) is 1. The SMILES string of the molecule is COc1cc(/C=C(\C#N)C(=O)NC[C@@H]2CCCO2)ccc1OCc1cccc(F)c1. The number of nitrogens with zero attached hydrogens (tertiary/aromatic N) is 1. The minimum absolute atomic E-state index is 0.00325. The molecule has 0 aliphatic carbocycles. The number of carbonyl (C=O) groups is 1. The van der Waals surface area contributed by atoms with Crippen molar-refractivity contribution in [2.45, 2.75) is 25.6 Å². The fourth-order valence-electron chi connectivity index (χ4n) is 3.10. The summed E-state index contributed by atoms with van der Waals surface area (Å²) in [6.45, 7) is 1.27. The smallest absolute Gasteiger partial charge is 0.262 e. The van der Waals surface area contributed by atoms with Gasteiger partial charge in [0.25, 0.3) is 5.91 Å². The maximum absolute atomic E-state index is 13.3. The summed E-state index contributed by atoms with van der Waals surface area (Å²) >= 11 is 0. The molecule has 1 aliphatic heterocycles. The highest BCUT2D eigenvalue weighted by atomic mass is 19.1. The lowest BCUT2D eigenvalue weighted by Crippen LogP contribution is -2.32. The van der Waals surface area contributed by atoms with Crippen molar-refractivity contribution in [3.05, 3.63) is 65.0 Å². The number of hydrogen-bond acceptors (Lipinski definition) is 5. The summed E-state index contributed by atoms with van der Waals surface area (Å²) in [6.07, 6.45) is 3.38. The Kier molecular flexibility index (Phi) is 7.41. The average molecular weight is 410 g/mol. The quantitative estimate of drug-likeness (QED) is 0.531. The standard InChI is InChI=1S/C23H23FN2O4/c1-28-22-12-16(7-8-21(22)30-15-17-4-2-5-19(24)11-17)10-18(13-25)23(27)26-14-20-6-3-9-29-20/h2,4-5,7-8,10-12,20H,3,6,9,14-15H2,1H3,(H,26,27)/b18-10+/t20-/m0/s1. The van der Waals surface area contributed by atoms with E-state index in [-0.39, 0.29) is 24.1 Å². The van der Waals surface area contributed by atoms with E-state index in [0.717, 1.165) is 12.8 Å². The third-order valence-electron chi connectivity index (χ3n) is 4.66. The van der Waals surface area contributed by atoms with Crippen LogP contribution in [0.2, 0.25) is 0 Å². The Morgan fingerprint density at radius 1 is 1.33 bits per heavy atom. The molecule has 30 heavy (non-hydrogen) atoms. The van der Waals surface area contributed by atoms with Crippen molar-refractivity contribution in [3.63, 3.8) is 0 Å². The third-order valence-corrected chi connectivity index (χ3v) is 4.66. The predicted octanol–water partition coefficient (Wildman–Crippen LogP) is 3.62. The van der Waals surface area contributed by atoms with E-state index in [4.69, 9.17) is 14.2 Å². The van der Waals surface area contributed by atoms with Crippen LogP contribution in [0.5, 0.6) is 11.5 Å². The Morgan fingerprint density at radius 2 is 2.20 bits per heavy atom. The molecule has 1 fully saturated rings. The molecular weight excluding hydrogens is 387 g/mol. The normalized spacial score (nSPS) is 16.0. The zero-order valence-electron chi connectivity index (χ0n) is 16.7. The van der Waals surface area contributed by atoms with E-state index < -0.39 is 5.91 Å². The van der Waals surface area contributed by atoms with Gasteiger partial charge in [0.05, 0.1) is 13.2 Å².